The number of hydrazine groups is 1. The van der Waals surface area contributed by atoms with Crippen LogP contribution in [0.1, 0.15) is 11.1 Å². The van der Waals surface area contributed by atoms with Crippen molar-refractivity contribution in [1.29, 1.82) is 0 Å². The van der Waals surface area contributed by atoms with Crippen LogP contribution >= 0.6 is 15.9 Å². The van der Waals surface area contributed by atoms with Gasteiger partial charge in [0.05, 0.1) is 12.2 Å². The van der Waals surface area contributed by atoms with Crippen molar-refractivity contribution < 1.29 is 0 Å². The summed E-state index contributed by atoms with van der Waals surface area (Å²) in [6.45, 7) is 0.878. The van der Waals surface area contributed by atoms with E-state index in [1.807, 2.05) is 12.1 Å². The topological polar surface area (TPSA) is 15.3 Å². The van der Waals surface area contributed by atoms with Crippen molar-refractivity contribution in [3.8, 4) is 0 Å². The molecule has 0 bridgehead atoms. The first-order valence-electron chi connectivity index (χ1n) is 5.86. The molecule has 90 valence electrons. The summed E-state index contributed by atoms with van der Waals surface area (Å²) < 4.78 is 1.09. The Morgan fingerprint density at radius 2 is 1.78 bits per heavy atom. The van der Waals surface area contributed by atoms with Crippen LogP contribution in [0, 0.1) is 0 Å². The van der Waals surface area contributed by atoms with Gasteiger partial charge in [0.2, 0.25) is 0 Å². The van der Waals surface area contributed by atoms with Crippen molar-refractivity contribution in [3.63, 3.8) is 0 Å². The van der Waals surface area contributed by atoms with Gasteiger partial charge in [0.15, 0.2) is 0 Å². The zero-order valence-electron chi connectivity index (χ0n) is 9.81. The molecule has 0 fully saturated rings. The smallest absolute Gasteiger partial charge is 0.0643 e. The normalized spacial score (nSPS) is 13.3. The summed E-state index contributed by atoms with van der Waals surface area (Å²) in [6, 6.07) is 16.6. The van der Waals surface area contributed by atoms with Crippen LogP contribution in [0.15, 0.2) is 59.2 Å². The fourth-order valence-corrected chi connectivity index (χ4v) is 2.28. The lowest BCUT2D eigenvalue weighted by molar-refractivity contribution is 0.440. The van der Waals surface area contributed by atoms with Crippen LogP contribution in [0.5, 0.6) is 0 Å². The Morgan fingerprint density at radius 1 is 1.00 bits per heavy atom. The highest BCUT2D eigenvalue weighted by Gasteiger charge is 2.09. The van der Waals surface area contributed by atoms with Gasteiger partial charge in [-0.1, -0.05) is 40.2 Å². The largest absolute Gasteiger partial charge is 0.299 e. The maximum absolute atomic E-state index is 3.44. The van der Waals surface area contributed by atoms with E-state index in [2.05, 4.69) is 75.0 Å². The minimum absolute atomic E-state index is 0.878. The summed E-state index contributed by atoms with van der Waals surface area (Å²) in [5.74, 6) is 0. The Labute approximate surface area is 115 Å². The number of hydrogen-bond donors (Lipinski definition) is 1. The van der Waals surface area contributed by atoms with Crippen LogP contribution in [-0.2, 0) is 6.54 Å². The van der Waals surface area contributed by atoms with Crippen LogP contribution in [0.25, 0.3) is 6.08 Å². The van der Waals surface area contributed by atoms with Crippen molar-refractivity contribution in [2.45, 2.75) is 6.54 Å². The van der Waals surface area contributed by atoms with E-state index < -0.39 is 0 Å². The first kappa shape index (κ1) is 11.4. The minimum Gasteiger partial charge on any atom is -0.299 e. The minimum atomic E-state index is 0.878. The molecule has 0 aliphatic carbocycles. The molecule has 1 N–H and O–H groups in total. The summed E-state index contributed by atoms with van der Waals surface area (Å²) in [4.78, 5) is 0. The van der Waals surface area contributed by atoms with Gasteiger partial charge < -0.3 is 0 Å². The molecule has 1 aliphatic rings. The van der Waals surface area contributed by atoms with E-state index in [-0.39, 0.29) is 0 Å². The van der Waals surface area contributed by atoms with Crippen LogP contribution < -0.4 is 5.43 Å². The predicted octanol–water partition coefficient (Wildman–Crippen LogP) is 4.26. The second-order valence-electron chi connectivity index (χ2n) is 4.26. The maximum Gasteiger partial charge on any atom is 0.0643 e. The van der Waals surface area contributed by atoms with Crippen molar-refractivity contribution in [1.82, 2.24) is 5.01 Å². The average Bonchev–Trinajstić information content (AvgIpc) is 2.41. The molecular weight excluding hydrogens is 288 g/mol. The Morgan fingerprint density at radius 3 is 2.61 bits per heavy atom. The Bertz CT molecular complexity index is 575. The summed E-state index contributed by atoms with van der Waals surface area (Å²) in [5.41, 5.74) is 7.10. The average molecular weight is 301 g/mol. The van der Waals surface area contributed by atoms with E-state index in [1.165, 1.54) is 11.1 Å². The SMILES string of the molecule is Brc1ccc(NN2C=Cc3ccccc3C2)cc1. The molecule has 0 aromatic heterocycles. The lowest BCUT2D eigenvalue weighted by Crippen LogP contribution is -2.25. The van der Waals surface area contributed by atoms with Crippen molar-refractivity contribution >= 4 is 27.7 Å². The molecule has 2 nitrogen and oxygen atoms in total. The highest BCUT2D eigenvalue weighted by molar-refractivity contribution is 9.10. The molecule has 1 aliphatic heterocycles. The molecule has 0 spiro atoms. The van der Waals surface area contributed by atoms with Gasteiger partial charge in [-0.15, -0.1) is 0 Å². The van der Waals surface area contributed by atoms with Gasteiger partial charge in [-0.25, -0.2) is 0 Å². The highest BCUT2D eigenvalue weighted by Crippen LogP contribution is 2.21. The van der Waals surface area contributed by atoms with Gasteiger partial charge in [0, 0.05) is 10.7 Å². The molecule has 0 saturated carbocycles. The van der Waals surface area contributed by atoms with E-state index >= 15 is 0 Å². The van der Waals surface area contributed by atoms with Crippen molar-refractivity contribution in [3.05, 3.63) is 70.3 Å². The van der Waals surface area contributed by atoms with Gasteiger partial charge in [-0.05, 0) is 41.5 Å². The molecule has 0 saturated heterocycles. The zero-order valence-corrected chi connectivity index (χ0v) is 11.4. The van der Waals surface area contributed by atoms with Crippen LogP contribution in [0.4, 0.5) is 5.69 Å². The van der Waals surface area contributed by atoms with E-state index in [1.54, 1.807) is 0 Å². The molecular formula is C15H13BrN2. The standard InChI is InChI=1S/C15H13BrN2/c16-14-5-7-15(8-6-14)17-18-10-9-12-3-1-2-4-13(12)11-18/h1-10,17H,11H2. The van der Waals surface area contributed by atoms with E-state index in [4.69, 9.17) is 0 Å². The fourth-order valence-electron chi connectivity index (χ4n) is 2.01. The van der Waals surface area contributed by atoms with E-state index in [0.29, 0.717) is 0 Å². The van der Waals surface area contributed by atoms with Crippen LogP contribution in [0.3, 0.4) is 0 Å². The third kappa shape index (κ3) is 2.41. The molecule has 3 heteroatoms. The summed E-state index contributed by atoms with van der Waals surface area (Å²) in [5, 5.41) is 2.09. The van der Waals surface area contributed by atoms with Crippen molar-refractivity contribution in [2.24, 2.45) is 0 Å². The highest BCUT2D eigenvalue weighted by atomic mass is 79.9. The third-order valence-corrected chi connectivity index (χ3v) is 3.48. The van der Waals surface area contributed by atoms with Crippen LogP contribution in [-0.4, -0.2) is 5.01 Å². The van der Waals surface area contributed by atoms with Gasteiger partial charge in [0.25, 0.3) is 0 Å². The Kier molecular flexibility index (Phi) is 3.07. The third-order valence-electron chi connectivity index (χ3n) is 2.95. The van der Waals surface area contributed by atoms with E-state index in [0.717, 1.165) is 16.7 Å². The molecule has 0 amide bonds. The monoisotopic (exact) mass is 300 g/mol. The molecule has 18 heavy (non-hydrogen) atoms. The number of nitrogens with one attached hydrogen (secondary N) is 1. The fraction of sp³-hybridized carbons (Fsp3) is 0.0667. The number of fused-ring (bicyclic) bond motifs is 1. The van der Waals surface area contributed by atoms with Gasteiger partial charge in [-0.2, -0.15) is 0 Å². The molecule has 2 aromatic rings. The molecule has 0 atom stereocenters. The predicted molar refractivity (Wildman–Crippen MR) is 78.8 cm³/mol. The lowest BCUT2D eigenvalue weighted by atomic mass is 10.1. The number of benzene rings is 2. The van der Waals surface area contributed by atoms with Gasteiger partial charge in [-0.3, -0.25) is 10.4 Å². The van der Waals surface area contributed by atoms with Gasteiger partial charge >= 0.3 is 0 Å². The summed E-state index contributed by atoms with van der Waals surface area (Å²) in [6.07, 6.45) is 4.20. The summed E-state index contributed by atoms with van der Waals surface area (Å²) >= 11 is 3.44. The number of anilines is 1. The summed E-state index contributed by atoms with van der Waals surface area (Å²) in [7, 11) is 0. The zero-order chi connectivity index (χ0) is 12.4. The molecule has 3 rings (SSSR count). The number of hydrogen-bond acceptors (Lipinski definition) is 2. The lowest BCUT2D eigenvalue weighted by Gasteiger charge is -2.26. The maximum atomic E-state index is 3.44. The number of halogens is 1. The van der Waals surface area contributed by atoms with Gasteiger partial charge in [0.1, 0.15) is 0 Å². The Balaban J connectivity index is 1.75. The molecule has 0 radical (unpaired) electrons. The Hall–Kier alpha value is -1.74. The second-order valence-corrected chi connectivity index (χ2v) is 5.18. The quantitative estimate of drug-likeness (QED) is 0.891. The first-order chi connectivity index (χ1) is 8.81. The molecule has 1 heterocycles. The number of nitrogens with zero attached hydrogens (tertiary/aromatic N) is 1. The molecule has 0 unspecified atom stereocenters. The van der Waals surface area contributed by atoms with Crippen molar-refractivity contribution in [2.75, 3.05) is 5.43 Å². The number of rotatable bonds is 2. The van der Waals surface area contributed by atoms with E-state index in [9.17, 15) is 0 Å². The second kappa shape index (κ2) is 4.86. The van der Waals surface area contributed by atoms with Crippen LogP contribution in [0.2, 0.25) is 0 Å². The molecule has 2 aromatic carbocycles. The first-order valence-corrected chi connectivity index (χ1v) is 6.65.